The Morgan fingerprint density at radius 3 is 2.96 bits per heavy atom. The van der Waals surface area contributed by atoms with Gasteiger partial charge in [-0.1, -0.05) is 6.07 Å². The molecule has 2 heterocycles. The maximum atomic E-state index is 12.5. The van der Waals surface area contributed by atoms with Crippen LogP contribution in [0.15, 0.2) is 31.9 Å². The molecule has 2 aromatic heterocycles. The summed E-state index contributed by atoms with van der Waals surface area (Å²) in [5.74, 6) is -0.465. The number of ether oxygens (including phenoxy) is 1. The predicted molar refractivity (Wildman–Crippen MR) is 98.6 cm³/mol. The molecule has 0 atom stereocenters. The van der Waals surface area contributed by atoms with E-state index in [0.717, 1.165) is 4.88 Å². The number of methoxy groups -OCH3 is 1. The Hall–Kier alpha value is -2.28. The standard InChI is InChI=1S/C16H15BrN4O3S/c1-10-15(17)13(9-24-2)12(6-18)16(23)21(10)8-14(22)20-19-7-11-4-3-5-25-11/h3-5,7H,8-9H2,1-2H3,(H,20,22). The molecule has 9 heteroatoms. The number of halogens is 1. The Bertz CT molecular complexity index is 898. The number of hydrazone groups is 1. The number of hydrogen-bond acceptors (Lipinski definition) is 6. The number of nitrogens with one attached hydrogen (secondary N) is 1. The van der Waals surface area contributed by atoms with Gasteiger partial charge >= 0.3 is 0 Å². The molecule has 0 fully saturated rings. The average Bonchev–Trinajstić information content (AvgIpc) is 3.10. The van der Waals surface area contributed by atoms with Crippen LogP contribution in [0.25, 0.3) is 0 Å². The third-order valence-corrected chi connectivity index (χ3v) is 5.23. The van der Waals surface area contributed by atoms with Crippen molar-refractivity contribution in [1.29, 1.82) is 5.26 Å². The van der Waals surface area contributed by atoms with Crippen molar-refractivity contribution in [2.75, 3.05) is 7.11 Å². The Morgan fingerprint density at radius 1 is 1.60 bits per heavy atom. The zero-order valence-electron chi connectivity index (χ0n) is 13.6. The van der Waals surface area contributed by atoms with Crippen LogP contribution in [-0.4, -0.2) is 23.8 Å². The molecule has 0 saturated carbocycles. The third kappa shape index (κ3) is 4.42. The molecule has 0 unspecified atom stereocenters. The minimum atomic E-state index is -0.535. The van der Waals surface area contributed by atoms with Crippen molar-refractivity contribution in [2.24, 2.45) is 5.10 Å². The summed E-state index contributed by atoms with van der Waals surface area (Å²) in [7, 11) is 1.48. The van der Waals surface area contributed by atoms with Crippen LogP contribution in [0.3, 0.4) is 0 Å². The van der Waals surface area contributed by atoms with Crippen molar-refractivity contribution in [3.8, 4) is 6.07 Å². The first-order valence-electron chi connectivity index (χ1n) is 7.15. The highest BCUT2D eigenvalue weighted by molar-refractivity contribution is 9.10. The van der Waals surface area contributed by atoms with E-state index in [4.69, 9.17) is 4.74 Å². The summed E-state index contributed by atoms with van der Waals surface area (Å²) in [4.78, 5) is 25.5. The Labute approximate surface area is 156 Å². The van der Waals surface area contributed by atoms with Crippen molar-refractivity contribution >= 4 is 39.4 Å². The molecule has 0 bridgehead atoms. The van der Waals surface area contributed by atoms with Gasteiger partial charge in [0.25, 0.3) is 11.5 Å². The summed E-state index contributed by atoms with van der Waals surface area (Å²) in [5, 5.41) is 15.0. The molecule has 130 valence electrons. The number of nitriles is 1. The lowest BCUT2D eigenvalue weighted by molar-refractivity contribution is -0.121. The lowest BCUT2D eigenvalue weighted by Crippen LogP contribution is -2.33. The first kappa shape index (κ1) is 19.1. The fraction of sp³-hybridized carbons (Fsp3) is 0.250. The van der Waals surface area contributed by atoms with Crippen LogP contribution in [0.1, 0.15) is 21.7 Å². The van der Waals surface area contributed by atoms with E-state index in [9.17, 15) is 14.9 Å². The Kier molecular flexibility index (Phi) is 6.64. The number of hydrogen-bond donors (Lipinski definition) is 1. The second-order valence-corrected chi connectivity index (χ2v) is 6.77. The van der Waals surface area contributed by atoms with Gasteiger partial charge in [-0.25, -0.2) is 5.43 Å². The molecule has 0 radical (unpaired) electrons. The second kappa shape index (κ2) is 8.71. The fourth-order valence-corrected chi connectivity index (χ4v) is 3.27. The summed E-state index contributed by atoms with van der Waals surface area (Å²) in [6.07, 6.45) is 1.52. The Balaban J connectivity index is 2.24. The highest BCUT2D eigenvalue weighted by atomic mass is 79.9. The van der Waals surface area contributed by atoms with Crippen molar-refractivity contribution in [1.82, 2.24) is 9.99 Å². The van der Waals surface area contributed by atoms with Crippen LogP contribution in [0.2, 0.25) is 0 Å². The number of pyridine rings is 1. The summed E-state index contributed by atoms with van der Waals surface area (Å²) in [6, 6.07) is 5.62. The van der Waals surface area contributed by atoms with Crippen molar-refractivity contribution in [3.05, 3.63) is 54.0 Å². The van der Waals surface area contributed by atoms with E-state index in [2.05, 4.69) is 26.5 Å². The number of thiophene rings is 1. The predicted octanol–water partition coefficient (Wildman–Crippen LogP) is 2.15. The van der Waals surface area contributed by atoms with Crippen LogP contribution >= 0.6 is 27.3 Å². The Morgan fingerprint density at radius 2 is 2.36 bits per heavy atom. The molecule has 2 rings (SSSR count). The van der Waals surface area contributed by atoms with E-state index in [1.807, 2.05) is 23.6 Å². The van der Waals surface area contributed by atoms with Crippen LogP contribution in [0.4, 0.5) is 0 Å². The average molecular weight is 423 g/mol. The van der Waals surface area contributed by atoms with Gasteiger partial charge < -0.3 is 9.30 Å². The van der Waals surface area contributed by atoms with Crippen molar-refractivity contribution in [3.63, 3.8) is 0 Å². The summed E-state index contributed by atoms with van der Waals surface area (Å²) < 4.78 is 6.85. The van der Waals surface area contributed by atoms with Gasteiger partial charge in [-0.3, -0.25) is 9.59 Å². The molecule has 0 aromatic carbocycles. The highest BCUT2D eigenvalue weighted by Crippen LogP contribution is 2.23. The first-order valence-corrected chi connectivity index (χ1v) is 8.83. The number of carbonyl (C=O) groups is 1. The zero-order chi connectivity index (χ0) is 18.4. The summed E-state index contributed by atoms with van der Waals surface area (Å²) in [5.41, 5.74) is 2.80. The van der Waals surface area contributed by atoms with E-state index < -0.39 is 11.5 Å². The quantitative estimate of drug-likeness (QED) is 0.569. The largest absolute Gasteiger partial charge is 0.380 e. The van der Waals surface area contributed by atoms with Gasteiger partial charge in [-0.2, -0.15) is 10.4 Å². The third-order valence-electron chi connectivity index (χ3n) is 3.37. The maximum Gasteiger partial charge on any atom is 0.269 e. The lowest BCUT2D eigenvalue weighted by Gasteiger charge is -2.15. The minimum absolute atomic E-state index is 0.0470. The van der Waals surface area contributed by atoms with Crippen LogP contribution in [0, 0.1) is 18.3 Å². The van der Waals surface area contributed by atoms with E-state index >= 15 is 0 Å². The van der Waals surface area contributed by atoms with Gasteiger partial charge in [0.15, 0.2) is 0 Å². The van der Waals surface area contributed by atoms with Crippen LogP contribution in [0.5, 0.6) is 0 Å². The molecule has 1 N–H and O–H groups in total. The highest BCUT2D eigenvalue weighted by Gasteiger charge is 2.19. The molecule has 0 aliphatic rings. The van der Waals surface area contributed by atoms with Gasteiger partial charge in [0, 0.05) is 27.7 Å². The van der Waals surface area contributed by atoms with Crippen molar-refractivity contribution in [2.45, 2.75) is 20.1 Å². The van der Waals surface area contributed by atoms with Crippen molar-refractivity contribution < 1.29 is 9.53 Å². The molecule has 0 aliphatic carbocycles. The van der Waals surface area contributed by atoms with Gasteiger partial charge in [-0.15, -0.1) is 11.3 Å². The number of carbonyl (C=O) groups excluding carboxylic acids is 1. The summed E-state index contributed by atoms with van der Waals surface area (Å²) in [6.45, 7) is 1.57. The maximum absolute atomic E-state index is 12.5. The topological polar surface area (TPSA) is 96.5 Å². The number of nitrogens with zero attached hydrogens (tertiary/aromatic N) is 3. The molecule has 0 aliphatic heterocycles. The second-order valence-electron chi connectivity index (χ2n) is 5.00. The van der Waals surface area contributed by atoms with E-state index in [-0.39, 0.29) is 18.7 Å². The monoisotopic (exact) mass is 422 g/mol. The number of amides is 1. The lowest BCUT2D eigenvalue weighted by atomic mass is 10.1. The molecule has 25 heavy (non-hydrogen) atoms. The molecule has 2 aromatic rings. The van der Waals surface area contributed by atoms with Crippen LogP contribution in [-0.2, 0) is 22.7 Å². The van der Waals surface area contributed by atoms with Crippen LogP contribution < -0.4 is 11.0 Å². The van der Waals surface area contributed by atoms with E-state index in [1.165, 1.54) is 29.2 Å². The molecule has 1 amide bonds. The summed E-state index contributed by atoms with van der Waals surface area (Å²) >= 11 is 4.86. The van der Waals surface area contributed by atoms with E-state index in [1.54, 1.807) is 6.92 Å². The zero-order valence-corrected chi connectivity index (χ0v) is 16.0. The molecular weight excluding hydrogens is 408 g/mol. The smallest absolute Gasteiger partial charge is 0.269 e. The molecule has 0 spiro atoms. The number of aromatic nitrogens is 1. The number of rotatable bonds is 6. The van der Waals surface area contributed by atoms with Gasteiger partial charge in [0.05, 0.1) is 12.8 Å². The molecule has 7 nitrogen and oxygen atoms in total. The minimum Gasteiger partial charge on any atom is -0.380 e. The van der Waals surface area contributed by atoms with Gasteiger partial charge in [0.2, 0.25) is 0 Å². The normalized spacial score (nSPS) is 10.8. The SMILES string of the molecule is COCc1c(Br)c(C)n(CC(=O)NN=Cc2cccs2)c(=O)c1C#N. The molecule has 0 saturated heterocycles. The van der Waals surface area contributed by atoms with Gasteiger partial charge in [-0.05, 0) is 34.3 Å². The van der Waals surface area contributed by atoms with Gasteiger partial charge in [0.1, 0.15) is 18.2 Å². The first-order chi connectivity index (χ1) is 12.0. The molecular formula is C16H15BrN4O3S. The van der Waals surface area contributed by atoms with E-state index in [0.29, 0.717) is 15.7 Å². The fourth-order valence-electron chi connectivity index (χ4n) is 2.16.